The van der Waals surface area contributed by atoms with Crippen LogP contribution in [0.5, 0.6) is 0 Å². The molecule has 2 nitrogen and oxygen atoms in total. The van der Waals surface area contributed by atoms with Gasteiger partial charge in [-0.25, -0.2) is 0 Å². The summed E-state index contributed by atoms with van der Waals surface area (Å²) in [4.78, 5) is 14.7. The van der Waals surface area contributed by atoms with Gasteiger partial charge in [0.15, 0.2) is 0 Å². The summed E-state index contributed by atoms with van der Waals surface area (Å²) in [5, 5.41) is 0. The minimum atomic E-state index is 0.292. The second kappa shape index (κ2) is 6.75. The summed E-state index contributed by atoms with van der Waals surface area (Å²) in [5.74, 6) is 0.292. The average Bonchev–Trinajstić information content (AvgIpc) is 3.08. The third-order valence-corrected chi connectivity index (χ3v) is 4.44. The van der Waals surface area contributed by atoms with E-state index in [4.69, 9.17) is 0 Å². The van der Waals surface area contributed by atoms with Gasteiger partial charge in [-0.1, -0.05) is 42.5 Å². The van der Waals surface area contributed by atoms with Gasteiger partial charge in [-0.3, -0.25) is 4.79 Å². The second-order valence-corrected chi connectivity index (χ2v) is 5.95. The van der Waals surface area contributed by atoms with Crippen molar-refractivity contribution in [2.24, 2.45) is 0 Å². The van der Waals surface area contributed by atoms with Gasteiger partial charge in [0, 0.05) is 18.7 Å². The smallest absolute Gasteiger partial charge is 0.250 e. The zero-order valence-corrected chi connectivity index (χ0v) is 12.6. The summed E-state index contributed by atoms with van der Waals surface area (Å²) in [5.41, 5.74) is 3.51. The van der Waals surface area contributed by atoms with Crippen LogP contribution in [0, 0.1) is 0 Å². The highest BCUT2D eigenvalue weighted by Gasteiger charge is 2.24. The normalized spacial score (nSPS) is 19.5. The monoisotopic (exact) mass is 281 g/mol. The standard InChI is InChI=1S/C19H23NO/c21-19(20-14-6-7-15-20)18-11-5-4-10-17(18)13-12-16-8-2-1-3-9-16/h1-3,8-9,12-13H,4-7,10-11,14-15H2/b13-12+. The number of allylic oxidation sites excluding steroid dienone is 2. The number of hydrogen-bond acceptors (Lipinski definition) is 1. The number of nitrogens with zero attached hydrogens (tertiary/aromatic N) is 1. The fourth-order valence-electron chi connectivity index (χ4n) is 3.23. The molecule has 1 amide bonds. The SMILES string of the molecule is O=C(C1=C(/C=C/c2ccccc2)CCCC1)N1CCCC1. The van der Waals surface area contributed by atoms with Crippen molar-refractivity contribution in [2.45, 2.75) is 38.5 Å². The molecule has 1 heterocycles. The van der Waals surface area contributed by atoms with Crippen LogP contribution in [0.1, 0.15) is 44.1 Å². The van der Waals surface area contributed by atoms with Crippen LogP contribution < -0.4 is 0 Å². The Bertz CT molecular complexity index is 550. The van der Waals surface area contributed by atoms with Crippen molar-refractivity contribution in [2.75, 3.05) is 13.1 Å². The molecule has 1 fully saturated rings. The average molecular weight is 281 g/mol. The predicted octanol–water partition coefficient (Wildman–Crippen LogP) is 4.19. The molecule has 0 aromatic heterocycles. The van der Waals surface area contributed by atoms with Crippen molar-refractivity contribution >= 4 is 12.0 Å². The van der Waals surface area contributed by atoms with Gasteiger partial charge in [0.1, 0.15) is 0 Å². The first-order valence-corrected chi connectivity index (χ1v) is 8.09. The Labute approximate surface area is 127 Å². The van der Waals surface area contributed by atoms with E-state index in [-0.39, 0.29) is 0 Å². The molecule has 3 rings (SSSR count). The van der Waals surface area contributed by atoms with Crippen LogP contribution in [0.15, 0.2) is 47.6 Å². The maximum absolute atomic E-state index is 12.7. The molecule has 0 N–H and O–H groups in total. The maximum Gasteiger partial charge on any atom is 0.250 e. The number of carbonyl (C=O) groups is 1. The van der Waals surface area contributed by atoms with Crippen LogP contribution in [0.4, 0.5) is 0 Å². The van der Waals surface area contributed by atoms with E-state index in [0.717, 1.165) is 50.8 Å². The summed E-state index contributed by atoms with van der Waals surface area (Å²) in [7, 11) is 0. The Morgan fingerprint density at radius 2 is 1.62 bits per heavy atom. The lowest BCUT2D eigenvalue weighted by Gasteiger charge is -2.22. The van der Waals surface area contributed by atoms with E-state index in [1.807, 2.05) is 23.1 Å². The first-order valence-electron chi connectivity index (χ1n) is 8.09. The van der Waals surface area contributed by atoms with E-state index in [1.54, 1.807) is 0 Å². The molecule has 0 atom stereocenters. The number of hydrogen-bond donors (Lipinski definition) is 0. The molecule has 1 aliphatic carbocycles. The van der Waals surface area contributed by atoms with E-state index >= 15 is 0 Å². The summed E-state index contributed by atoms with van der Waals surface area (Å²) in [6.07, 6.45) is 11.0. The lowest BCUT2D eigenvalue weighted by molar-refractivity contribution is -0.126. The van der Waals surface area contributed by atoms with Crippen molar-refractivity contribution in [3.8, 4) is 0 Å². The summed E-state index contributed by atoms with van der Waals surface area (Å²) in [6, 6.07) is 10.3. The van der Waals surface area contributed by atoms with Gasteiger partial charge < -0.3 is 4.90 Å². The van der Waals surface area contributed by atoms with Crippen molar-refractivity contribution in [1.82, 2.24) is 4.90 Å². The summed E-state index contributed by atoms with van der Waals surface area (Å²) in [6.45, 7) is 1.88. The third kappa shape index (κ3) is 3.44. The number of amides is 1. The maximum atomic E-state index is 12.7. The van der Waals surface area contributed by atoms with E-state index in [9.17, 15) is 4.79 Å². The third-order valence-electron chi connectivity index (χ3n) is 4.44. The fraction of sp³-hybridized carbons (Fsp3) is 0.421. The minimum absolute atomic E-state index is 0.292. The largest absolute Gasteiger partial charge is 0.339 e. The highest BCUT2D eigenvalue weighted by Crippen LogP contribution is 2.28. The Morgan fingerprint density at radius 1 is 0.905 bits per heavy atom. The summed E-state index contributed by atoms with van der Waals surface area (Å²) >= 11 is 0. The van der Waals surface area contributed by atoms with E-state index in [2.05, 4.69) is 24.3 Å². The molecule has 0 spiro atoms. The molecule has 110 valence electrons. The van der Waals surface area contributed by atoms with Gasteiger partial charge in [-0.2, -0.15) is 0 Å². The molecule has 1 saturated heterocycles. The van der Waals surface area contributed by atoms with Crippen LogP contribution in [-0.4, -0.2) is 23.9 Å². The van der Waals surface area contributed by atoms with Crippen LogP contribution >= 0.6 is 0 Å². The van der Waals surface area contributed by atoms with Crippen molar-refractivity contribution in [3.63, 3.8) is 0 Å². The van der Waals surface area contributed by atoms with Crippen LogP contribution in [0.3, 0.4) is 0 Å². The van der Waals surface area contributed by atoms with Crippen molar-refractivity contribution < 1.29 is 4.79 Å². The number of benzene rings is 1. The highest BCUT2D eigenvalue weighted by atomic mass is 16.2. The number of rotatable bonds is 3. The molecule has 0 saturated carbocycles. The van der Waals surface area contributed by atoms with Gasteiger partial charge in [0.2, 0.25) is 5.91 Å². The van der Waals surface area contributed by atoms with E-state index in [1.165, 1.54) is 17.6 Å². The van der Waals surface area contributed by atoms with Crippen LogP contribution in [-0.2, 0) is 4.79 Å². The van der Waals surface area contributed by atoms with Gasteiger partial charge in [-0.05, 0) is 49.7 Å². The Kier molecular flexibility index (Phi) is 4.54. The molecule has 0 radical (unpaired) electrons. The zero-order chi connectivity index (χ0) is 14.5. The molecule has 1 aliphatic heterocycles. The minimum Gasteiger partial charge on any atom is -0.339 e. The quantitative estimate of drug-likeness (QED) is 0.813. The fourth-order valence-corrected chi connectivity index (χ4v) is 3.23. The van der Waals surface area contributed by atoms with Gasteiger partial charge in [0.05, 0.1) is 0 Å². The molecular formula is C19H23NO. The zero-order valence-electron chi connectivity index (χ0n) is 12.6. The van der Waals surface area contributed by atoms with Crippen LogP contribution in [0.25, 0.3) is 6.08 Å². The Morgan fingerprint density at radius 3 is 2.38 bits per heavy atom. The lowest BCUT2D eigenvalue weighted by Crippen LogP contribution is -2.30. The molecular weight excluding hydrogens is 258 g/mol. The number of likely N-dealkylation sites (tertiary alicyclic amines) is 1. The molecule has 21 heavy (non-hydrogen) atoms. The van der Waals surface area contributed by atoms with Gasteiger partial charge in [-0.15, -0.1) is 0 Å². The first kappa shape index (κ1) is 14.1. The topological polar surface area (TPSA) is 20.3 Å². The van der Waals surface area contributed by atoms with Crippen molar-refractivity contribution in [1.29, 1.82) is 0 Å². The molecule has 0 unspecified atom stereocenters. The molecule has 0 bridgehead atoms. The Balaban J connectivity index is 1.81. The molecule has 2 heteroatoms. The highest BCUT2D eigenvalue weighted by molar-refractivity contribution is 5.95. The molecule has 1 aromatic carbocycles. The second-order valence-electron chi connectivity index (χ2n) is 5.95. The molecule has 1 aromatic rings. The molecule has 2 aliphatic rings. The van der Waals surface area contributed by atoms with E-state index < -0.39 is 0 Å². The van der Waals surface area contributed by atoms with Crippen molar-refractivity contribution in [3.05, 3.63) is 53.1 Å². The predicted molar refractivity (Wildman–Crippen MR) is 86.8 cm³/mol. The van der Waals surface area contributed by atoms with E-state index in [0.29, 0.717) is 5.91 Å². The van der Waals surface area contributed by atoms with Gasteiger partial charge >= 0.3 is 0 Å². The number of carbonyl (C=O) groups excluding carboxylic acids is 1. The summed E-state index contributed by atoms with van der Waals surface area (Å²) < 4.78 is 0. The lowest BCUT2D eigenvalue weighted by atomic mass is 9.90. The van der Waals surface area contributed by atoms with Gasteiger partial charge in [0.25, 0.3) is 0 Å². The first-order chi connectivity index (χ1) is 10.3. The van der Waals surface area contributed by atoms with Crippen LogP contribution in [0.2, 0.25) is 0 Å². The Hall–Kier alpha value is -1.83.